The van der Waals surface area contributed by atoms with Gasteiger partial charge in [0, 0.05) is 36.2 Å². The molecule has 0 spiro atoms. The highest BCUT2D eigenvalue weighted by molar-refractivity contribution is 6.30. The van der Waals surface area contributed by atoms with E-state index in [0.29, 0.717) is 24.1 Å². The average Bonchev–Trinajstić information content (AvgIpc) is 2.29. The zero-order valence-corrected chi connectivity index (χ0v) is 11.1. The first-order valence-corrected chi connectivity index (χ1v) is 6.26. The molecule has 0 amide bonds. The lowest BCUT2D eigenvalue weighted by molar-refractivity contribution is 0.232. The SMILES string of the molecule is CC(C)NCc1cc(Cl)ccc1OCCCO. The summed E-state index contributed by atoms with van der Waals surface area (Å²) >= 11 is 5.97. The van der Waals surface area contributed by atoms with Gasteiger partial charge in [0.05, 0.1) is 6.61 Å². The summed E-state index contributed by atoms with van der Waals surface area (Å²) in [4.78, 5) is 0. The van der Waals surface area contributed by atoms with Crippen LogP contribution in [0.25, 0.3) is 0 Å². The van der Waals surface area contributed by atoms with Crippen LogP contribution in [0.4, 0.5) is 0 Å². The van der Waals surface area contributed by atoms with Gasteiger partial charge in [-0.2, -0.15) is 0 Å². The molecule has 17 heavy (non-hydrogen) atoms. The van der Waals surface area contributed by atoms with Gasteiger partial charge in [-0.05, 0) is 18.2 Å². The predicted octanol–water partition coefficient (Wildman–Crippen LogP) is 2.60. The van der Waals surface area contributed by atoms with E-state index in [1.54, 1.807) is 0 Å². The maximum atomic E-state index is 8.72. The van der Waals surface area contributed by atoms with Gasteiger partial charge in [0.15, 0.2) is 0 Å². The summed E-state index contributed by atoms with van der Waals surface area (Å²) in [6, 6.07) is 6.01. The number of hydrogen-bond acceptors (Lipinski definition) is 3. The summed E-state index contributed by atoms with van der Waals surface area (Å²) in [6.45, 7) is 5.58. The second-order valence-electron chi connectivity index (χ2n) is 4.21. The van der Waals surface area contributed by atoms with E-state index in [4.69, 9.17) is 21.4 Å². The van der Waals surface area contributed by atoms with Crippen molar-refractivity contribution in [2.24, 2.45) is 0 Å². The van der Waals surface area contributed by atoms with Gasteiger partial charge in [0.2, 0.25) is 0 Å². The van der Waals surface area contributed by atoms with Crippen LogP contribution in [0.1, 0.15) is 25.8 Å². The lowest BCUT2D eigenvalue weighted by Crippen LogP contribution is -2.22. The fraction of sp³-hybridized carbons (Fsp3) is 0.538. The lowest BCUT2D eigenvalue weighted by Gasteiger charge is -2.14. The Balaban J connectivity index is 2.66. The minimum Gasteiger partial charge on any atom is -0.493 e. The molecule has 0 saturated heterocycles. The Bertz CT molecular complexity index is 342. The molecular weight excluding hydrogens is 238 g/mol. The van der Waals surface area contributed by atoms with Crippen LogP contribution in [0.15, 0.2) is 18.2 Å². The molecule has 0 atom stereocenters. The normalized spacial score (nSPS) is 10.9. The van der Waals surface area contributed by atoms with Gasteiger partial charge in [-0.25, -0.2) is 0 Å². The Morgan fingerprint density at radius 1 is 1.41 bits per heavy atom. The Morgan fingerprint density at radius 2 is 2.18 bits per heavy atom. The van der Waals surface area contributed by atoms with Gasteiger partial charge in [-0.3, -0.25) is 0 Å². The quantitative estimate of drug-likeness (QED) is 0.738. The van der Waals surface area contributed by atoms with Crippen LogP contribution in [0, 0.1) is 0 Å². The second-order valence-corrected chi connectivity index (χ2v) is 4.65. The van der Waals surface area contributed by atoms with Crippen molar-refractivity contribution in [3.8, 4) is 5.75 Å². The van der Waals surface area contributed by atoms with E-state index in [1.165, 1.54) is 0 Å². The van der Waals surface area contributed by atoms with Crippen molar-refractivity contribution in [3.63, 3.8) is 0 Å². The van der Waals surface area contributed by atoms with Crippen LogP contribution < -0.4 is 10.1 Å². The summed E-state index contributed by atoms with van der Waals surface area (Å²) in [7, 11) is 0. The predicted molar refractivity (Wildman–Crippen MR) is 70.6 cm³/mol. The smallest absolute Gasteiger partial charge is 0.123 e. The monoisotopic (exact) mass is 257 g/mol. The van der Waals surface area contributed by atoms with Gasteiger partial charge in [-0.15, -0.1) is 0 Å². The number of halogens is 1. The molecule has 1 aromatic rings. The summed E-state index contributed by atoms with van der Waals surface area (Å²) in [5.41, 5.74) is 1.05. The van der Waals surface area contributed by atoms with Crippen molar-refractivity contribution in [3.05, 3.63) is 28.8 Å². The van der Waals surface area contributed by atoms with Crippen LogP contribution in [0.3, 0.4) is 0 Å². The van der Waals surface area contributed by atoms with Crippen LogP contribution in [-0.2, 0) is 6.54 Å². The molecule has 0 bridgehead atoms. The number of ether oxygens (including phenoxy) is 1. The van der Waals surface area contributed by atoms with Crippen molar-refractivity contribution in [1.82, 2.24) is 5.32 Å². The third kappa shape index (κ3) is 5.39. The number of aliphatic hydroxyl groups excluding tert-OH is 1. The Morgan fingerprint density at radius 3 is 2.82 bits per heavy atom. The molecule has 1 rings (SSSR count). The topological polar surface area (TPSA) is 41.5 Å². The fourth-order valence-corrected chi connectivity index (χ4v) is 1.58. The minimum absolute atomic E-state index is 0.146. The number of hydrogen-bond donors (Lipinski definition) is 2. The molecule has 0 unspecified atom stereocenters. The molecule has 0 fully saturated rings. The number of benzene rings is 1. The molecule has 0 heterocycles. The van der Waals surface area contributed by atoms with E-state index in [1.807, 2.05) is 18.2 Å². The second kappa shape index (κ2) is 7.54. The maximum absolute atomic E-state index is 8.72. The first-order valence-electron chi connectivity index (χ1n) is 5.89. The van der Waals surface area contributed by atoms with E-state index >= 15 is 0 Å². The number of rotatable bonds is 7. The minimum atomic E-state index is 0.146. The Labute approximate surface area is 108 Å². The highest BCUT2D eigenvalue weighted by atomic mass is 35.5. The molecule has 0 radical (unpaired) electrons. The van der Waals surface area contributed by atoms with Crippen LogP contribution >= 0.6 is 11.6 Å². The van der Waals surface area contributed by atoms with Gasteiger partial charge >= 0.3 is 0 Å². The van der Waals surface area contributed by atoms with Crippen LogP contribution in [0.2, 0.25) is 5.02 Å². The van der Waals surface area contributed by atoms with Crippen LogP contribution in [0.5, 0.6) is 5.75 Å². The number of nitrogens with one attached hydrogen (secondary N) is 1. The highest BCUT2D eigenvalue weighted by Gasteiger charge is 2.05. The van der Waals surface area contributed by atoms with Gasteiger partial charge in [0.25, 0.3) is 0 Å². The molecule has 96 valence electrons. The van der Waals surface area contributed by atoms with E-state index in [-0.39, 0.29) is 6.61 Å². The summed E-state index contributed by atoms with van der Waals surface area (Å²) < 4.78 is 5.61. The maximum Gasteiger partial charge on any atom is 0.123 e. The highest BCUT2D eigenvalue weighted by Crippen LogP contribution is 2.23. The number of aliphatic hydroxyl groups is 1. The molecular formula is C13H20ClNO2. The van der Waals surface area contributed by atoms with Crippen molar-refractivity contribution in [2.75, 3.05) is 13.2 Å². The molecule has 0 aliphatic heterocycles. The van der Waals surface area contributed by atoms with E-state index in [9.17, 15) is 0 Å². The van der Waals surface area contributed by atoms with E-state index in [0.717, 1.165) is 17.9 Å². The van der Waals surface area contributed by atoms with Gasteiger partial charge in [0.1, 0.15) is 5.75 Å². The molecule has 0 aromatic heterocycles. The van der Waals surface area contributed by atoms with Gasteiger partial charge in [-0.1, -0.05) is 25.4 Å². The summed E-state index contributed by atoms with van der Waals surface area (Å²) in [5, 5.41) is 12.8. The third-order valence-electron chi connectivity index (χ3n) is 2.28. The third-order valence-corrected chi connectivity index (χ3v) is 2.52. The molecule has 2 N–H and O–H groups in total. The van der Waals surface area contributed by atoms with E-state index in [2.05, 4.69) is 19.2 Å². The van der Waals surface area contributed by atoms with E-state index < -0.39 is 0 Å². The standard InChI is InChI=1S/C13H20ClNO2/c1-10(2)15-9-11-8-12(14)4-5-13(11)17-7-3-6-16/h4-5,8,10,15-16H,3,6-7,9H2,1-2H3. The van der Waals surface area contributed by atoms with Gasteiger partial charge < -0.3 is 15.2 Å². The largest absolute Gasteiger partial charge is 0.493 e. The Kier molecular flexibility index (Phi) is 6.34. The molecule has 0 aliphatic carbocycles. The van der Waals surface area contributed by atoms with Crippen molar-refractivity contribution in [1.29, 1.82) is 0 Å². The first kappa shape index (κ1) is 14.3. The van der Waals surface area contributed by atoms with Crippen molar-refractivity contribution >= 4 is 11.6 Å². The lowest BCUT2D eigenvalue weighted by atomic mass is 10.2. The molecule has 0 aliphatic rings. The zero-order valence-electron chi connectivity index (χ0n) is 10.4. The molecule has 0 saturated carbocycles. The fourth-order valence-electron chi connectivity index (χ4n) is 1.39. The molecule has 4 heteroatoms. The molecule has 3 nitrogen and oxygen atoms in total. The molecule has 1 aromatic carbocycles. The zero-order chi connectivity index (χ0) is 12.7. The average molecular weight is 258 g/mol. The van der Waals surface area contributed by atoms with Crippen molar-refractivity contribution < 1.29 is 9.84 Å². The summed E-state index contributed by atoms with van der Waals surface area (Å²) in [6.07, 6.45) is 0.639. The summed E-state index contributed by atoms with van der Waals surface area (Å²) in [5.74, 6) is 0.830. The first-order chi connectivity index (χ1) is 8.13. The Hall–Kier alpha value is -0.770. The van der Waals surface area contributed by atoms with Crippen LogP contribution in [-0.4, -0.2) is 24.4 Å². The van der Waals surface area contributed by atoms with Crippen molar-refractivity contribution in [2.45, 2.75) is 32.9 Å².